The second-order valence-electron chi connectivity index (χ2n) is 7.50. The minimum absolute atomic E-state index is 0.00679. The number of ether oxygens (including phenoxy) is 2. The van der Waals surface area contributed by atoms with E-state index in [2.05, 4.69) is 15.9 Å². The first-order chi connectivity index (χ1) is 13.4. The van der Waals surface area contributed by atoms with E-state index in [1.54, 1.807) is 13.2 Å². The molecule has 2 aliphatic rings. The average Bonchev–Trinajstić information content (AvgIpc) is 2.91. The van der Waals surface area contributed by atoms with Crippen LogP contribution in [0.4, 0.5) is 4.79 Å². The SMILES string of the molecule is COc1cc(/C=C2/SC(=O)N(CC3CCCCC3)C2=O)cc(Br)c1OC(C)C. The van der Waals surface area contributed by atoms with Gasteiger partial charge in [-0.1, -0.05) is 19.3 Å². The lowest BCUT2D eigenvalue weighted by Gasteiger charge is -2.25. The average molecular weight is 468 g/mol. The molecule has 28 heavy (non-hydrogen) atoms. The second-order valence-corrected chi connectivity index (χ2v) is 9.34. The molecule has 0 radical (unpaired) electrons. The predicted octanol–water partition coefficient (Wildman–Crippen LogP) is 5.86. The number of amides is 2. The lowest BCUT2D eigenvalue weighted by atomic mass is 9.89. The van der Waals surface area contributed by atoms with E-state index in [0.29, 0.717) is 28.9 Å². The second kappa shape index (κ2) is 9.35. The summed E-state index contributed by atoms with van der Waals surface area (Å²) >= 11 is 4.53. The summed E-state index contributed by atoms with van der Waals surface area (Å²) in [6.07, 6.45) is 7.59. The van der Waals surface area contributed by atoms with Crippen molar-refractivity contribution in [1.29, 1.82) is 0 Å². The van der Waals surface area contributed by atoms with Crippen molar-refractivity contribution < 1.29 is 19.1 Å². The monoisotopic (exact) mass is 467 g/mol. The molecule has 1 saturated heterocycles. The minimum Gasteiger partial charge on any atom is -0.493 e. The van der Waals surface area contributed by atoms with Crippen molar-refractivity contribution >= 4 is 44.9 Å². The zero-order valence-electron chi connectivity index (χ0n) is 16.5. The number of carbonyl (C=O) groups is 2. The Morgan fingerprint density at radius 3 is 2.61 bits per heavy atom. The van der Waals surface area contributed by atoms with E-state index in [4.69, 9.17) is 9.47 Å². The van der Waals surface area contributed by atoms with Gasteiger partial charge in [-0.3, -0.25) is 14.5 Å². The summed E-state index contributed by atoms with van der Waals surface area (Å²) in [4.78, 5) is 27.1. The fourth-order valence-corrected chi connectivity index (χ4v) is 5.01. The van der Waals surface area contributed by atoms with Crippen LogP contribution in [-0.4, -0.2) is 35.8 Å². The quantitative estimate of drug-likeness (QED) is 0.490. The van der Waals surface area contributed by atoms with E-state index >= 15 is 0 Å². The molecule has 0 spiro atoms. The van der Waals surface area contributed by atoms with Crippen LogP contribution in [0.3, 0.4) is 0 Å². The van der Waals surface area contributed by atoms with Crippen molar-refractivity contribution in [3.63, 3.8) is 0 Å². The number of methoxy groups -OCH3 is 1. The van der Waals surface area contributed by atoms with Crippen molar-refractivity contribution in [2.24, 2.45) is 5.92 Å². The molecule has 0 atom stereocenters. The molecule has 7 heteroatoms. The molecule has 2 fully saturated rings. The topological polar surface area (TPSA) is 55.8 Å². The van der Waals surface area contributed by atoms with E-state index in [-0.39, 0.29) is 17.3 Å². The molecule has 2 amide bonds. The lowest BCUT2D eigenvalue weighted by molar-refractivity contribution is -0.123. The standard InChI is InChI=1S/C21H26BrNO4S/c1-13(2)27-19-16(22)9-15(10-17(19)26-3)11-18-20(24)23(21(25)28-18)12-14-7-5-4-6-8-14/h9-11,13-14H,4-8,12H2,1-3H3/b18-11+. The molecule has 0 bridgehead atoms. The van der Waals surface area contributed by atoms with Crippen LogP contribution >= 0.6 is 27.7 Å². The number of rotatable bonds is 6. The Bertz CT molecular complexity index is 787. The highest BCUT2D eigenvalue weighted by atomic mass is 79.9. The Morgan fingerprint density at radius 2 is 1.96 bits per heavy atom. The van der Waals surface area contributed by atoms with Gasteiger partial charge in [0.15, 0.2) is 11.5 Å². The first-order valence-corrected chi connectivity index (χ1v) is 11.3. The number of nitrogens with zero attached hydrogens (tertiary/aromatic N) is 1. The summed E-state index contributed by atoms with van der Waals surface area (Å²) < 4.78 is 12.0. The third-order valence-electron chi connectivity index (χ3n) is 4.94. The molecule has 1 aromatic carbocycles. The van der Waals surface area contributed by atoms with Gasteiger partial charge in [0, 0.05) is 6.54 Å². The molecule has 5 nitrogen and oxygen atoms in total. The summed E-state index contributed by atoms with van der Waals surface area (Å²) in [5, 5.41) is -0.174. The Hall–Kier alpha value is -1.47. The highest BCUT2D eigenvalue weighted by molar-refractivity contribution is 9.10. The van der Waals surface area contributed by atoms with Gasteiger partial charge in [-0.25, -0.2) is 0 Å². The first kappa shape index (κ1) is 21.2. The zero-order valence-corrected chi connectivity index (χ0v) is 18.9. The molecule has 0 aromatic heterocycles. The van der Waals surface area contributed by atoms with Gasteiger partial charge in [0.1, 0.15) is 0 Å². The summed E-state index contributed by atoms with van der Waals surface area (Å²) in [6, 6.07) is 3.69. The molecule has 0 N–H and O–H groups in total. The molecule has 1 aliphatic heterocycles. The smallest absolute Gasteiger partial charge is 0.293 e. The van der Waals surface area contributed by atoms with Crippen molar-refractivity contribution in [1.82, 2.24) is 4.90 Å². The van der Waals surface area contributed by atoms with Crippen molar-refractivity contribution in [2.45, 2.75) is 52.1 Å². The van der Waals surface area contributed by atoms with E-state index < -0.39 is 0 Å². The van der Waals surface area contributed by atoms with Gasteiger partial charge >= 0.3 is 0 Å². The third-order valence-corrected chi connectivity index (χ3v) is 6.44. The third kappa shape index (κ3) is 4.92. The van der Waals surface area contributed by atoms with Gasteiger partial charge in [0.2, 0.25) is 0 Å². The van der Waals surface area contributed by atoms with E-state index in [1.165, 1.54) is 24.2 Å². The molecule has 3 rings (SSSR count). The Kier molecular flexibility index (Phi) is 7.10. The fourth-order valence-electron chi connectivity index (χ4n) is 3.61. The maximum absolute atomic E-state index is 12.8. The van der Waals surface area contributed by atoms with Gasteiger partial charge in [0.25, 0.3) is 11.1 Å². The normalized spacial score (nSPS) is 19.8. The highest BCUT2D eigenvalue weighted by Crippen LogP contribution is 2.40. The van der Waals surface area contributed by atoms with Crippen LogP contribution in [0, 0.1) is 5.92 Å². The van der Waals surface area contributed by atoms with Crippen LogP contribution in [0.25, 0.3) is 6.08 Å². The Morgan fingerprint density at radius 1 is 1.25 bits per heavy atom. The van der Waals surface area contributed by atoms with E-state index in [1.807, 2.05) is 26.0 Å². The van der Waals surface area contributed by atoms with Gasteiger partial charge in [-0.05, 0) is 84.1 Å². The molecule has 0 unspecified atom stereocenters. The molecule has 1 heterocycles. The maximum Gasteiger partial charge on any atom is 0.293 e. The molecule has 152 valence electrons. The zero-order chi connectivity index (χ0) is 20.3. The van der Waals surface area contributed by atoms with Crippen LogP contribution in [-0.2, 0) is 4.79 Å². The summed E-state index contributed by atoms with van der Waals surface area (Å²) in [5.74, 6) is 1.44. The Balaban J connectivity index is 1.80. The van der Waals surface area contributed by atoms with E-state index in [0.717, 1.165) is 34.6 Å². The molecule has 1 aromatic rings. The van der Waals surface area contributed by atoms with Crippen molar-refractivity contribution in [3.8, 4) is 11.5 Å². The number of hydrogen-bond acceptors (Lipinski definition) is 5. The van der Waals surface area contributed by atoms with Crippen molar-refractivity contribution in [2.75, 3.05) is 13.7 Å². The van der Waals surface area contributed by atoms with Crippen LogP contribution in [0.15, 0.2) is 21.5 Å². The fraction of sp³-hybridized carbons (Fsp3) is 0.524. The highest BCUT2D eigenvalue weighted by Gasteiger charge is 2.36. The van der Waals surface area contributed by atoms with Crippen LogP contribution in [0.2, 0.25) is 0 Å². The summed E-state index contributed by atoms with van der Waals surface area (Å²) in [5.41, 5.74) is 0.781. The largest absolute Gasteiger partial charge is 0.493 e. The first-order valence-electron chi connectivity index (χ1n) is 9.68. The van der Waals surface area contributed by atoms with Crippen LogP contribution in [0.5, 0.6) is 11.5 Å². The summed E-state index contributed by atoms with van der Waals surface area (Å²) in [6.45, 7) is 4.43. The predicted molar refractivity (Wildman–Crippen MR) is 116 cm³/mol. The number of hydrogen-bond donors (Lipinski definition) is 0. The molecular formula is C21H26BrNO4S. The van der Waals surface area contributed by atoms with Crippen molar-refractivity contribution in [3.05, 3.63) is 27.1 Å². The number of carbonyl (C=O) groups excluding carboxylic acids is 2. The van der Waals surface area contributed by atoms with Crippen LogP contribution in [0.1, 0.15) is 51.5 Å². The minimum atomic E-state index is -0.196. The molecule has 1 aliphatic carbocycles. The number of halogens is 1. The maximum atomic E-state index is 12.8. The van der Waals surface area contributed by atoms with Gasteiger partial charge in [-0.15, -0.1) is 0 Å². The van der Waals surface area contributed by atoms with Crippen LogP contribution < -0.4 is 9.47 Å². The molecule has 1 saturated carbocycles. The number of thioether (sulfide) groups is 1. The Labute approximate surface area is 179 Å². The number of benzene rings is 1. The van der Waals surface area contributed by atoms with Gasteiger partial charge in [0.05, 0.1) is 22.6 Å². The lowest BCUT2D eigenvalue weighted by Crippen LogP contribution is -2.34. The number of imide groups is 1. The van der Waals surface area contributed by atoms with Gasteiger partial charge in [-0.2, -0.15) is 0 Å². The van der Waals surface area contributed by atoms with Gasteiger partial charge < -0.3 is 9.47 Å². The van der Waals surface area contributed by atoms with E-state index in [9.17, 15) is 9.59 Å². The molecular weight excluding hydrogens is 442 g/mol. The summed E-state index contributed by atoms with van der Waals surface area (Å²) in [7, 11) is 1.58.